The summed E-state index contributed by atoms with van der Waals surface area (Å²) in [7, 11) is -4.28. The van der Waals surface area contributed by atoms with E-state index in [2.05, 4.69) is 32.4 Å². The topological polar surface area (TPSA) is 105 Å². The van der Waals surface area contributed by atoms with Crippen LogP contribution in [0.2, 0.25) is 0 Å². The molecule has 0 aliphatic carbocycles. The van der Waals surface area contributed by atoms with Gasteiger partial charge >= 0.3 is 196 Å². The van der Waals surface area contributed by atoms with Crippen molar-refractivity contribution in [3.05, 3.63) is 76.2 Å². The van der Waals surface area contributed by atoms with Gasteiger partial charge in [-0.1, -0.05) is 0 Å². The quantitative estimate of drug-likeness (QED) is 0.266. The molecule has 2 aromatic carbocycles. The molecule has 0 saturated carbocycles. The Bertz CT molecular complexity index is 1260. The van der Waals surface area contributed by atoms with E-state index in [-0.39, 0.29) is 4.71 Å². The fourth-order valence-electron chi connectivity index (χ4n) is 2.99. The van der Waals surface area contributed by atoms with E-state index in [0.717, 1.165) is 37.1 Å². The van der Waals surface area contributed by atoms with E-state index >= 15 is 0 Å². The maximum atomic E-state index is 11.0. The zero-order chi connectivity index (χ0) is 21.8. The van der Waals surface area contributed by atoms with Gasteiger partial charge in [-0.15, -0.1) is 0 Å². The van der Waals surface area contributed by atoms with E-state index in [1.165, 1.54) is 0 Å². The molecule has 11 heteroatoms. The number of hydrogen-bond donors (Lipinski definition) is 2. The predicted octanol–water partition coefficient (Wildman–Crippen LogP) is 3.23. The van der Waals surface area contributed by atoms with Crippen molar-refractivity contribution in [3.63, 3.8) is 0 Å². The van der Waals surface area contributed by atoms with Crippen molar-refractivity contribution < 1.29 is 13.0 Å². The third kappa shape index (κ3) is 6.21. The number of nitrogens with one attached hydrogen (secondary N) is 1. The van der Waals surface area contributed by atoms with Crippen molar-refractivity contribution in [1.29, 1.82) is 0 Å². The molecule has 0 aliphatic heterocycles. The summed E-state index contributed by atoms with van der Waals surface area (Å²) < 4.78 is 34.3. The Morgan fingerprint density at radius 1 is 1.10 bits per heavy atom. The third-order valence-corrected chi connectivity index (χ3v) is 10.2. The molecular formula is C20H19AsN4O3S3. The first-order chi connectivity index (χ1) is 14.9. The minimum atomic E-state index is -4.28. The van der Waals surface area contributed by atoms with Crippen molar-refractivity contribution in [3.8, 4) is 10.6 Å². The average Bonchev–Trinajstić information content (AvgIpc) is 3.38. The van der Waals surface area contributed by atoms with E-state index in [1.807, 2.05) is 37.3 Å². The molecule has 0 saturated heterocycles. The molecule has 2 aromatic heterocycles. The maximum absolute atomic E-state index is 11.0. The summed E-state index contributed by atoms with van der Waals surface area (Å²) in [6, 6.07) is 17.1. The van der Waals surface area contributed by atoms with Crippen LogP contribution in [-0.4, -0.2) is 43.9 Å². The molecule has 0 bridgehead atoms. The van der Waals surface area contributed by atoms with Crippen LogP contribution in [0.15, 0.2) is 60.0 Å². The van der Waals surface area contributed by atoms with Crippen molar-refractivity contribution in [2.24, 2.45) is 0 Å². The van der Waals surface area contributed by atoms with Gasteiger partial charge in [0.25, 0.3) is 0 Å². The molecule has 2 N–H and O–H groups in total. The van der Waals surface area contributed by atoms with Gasteiger partial charge in [-0.2, -0.15) is 0 Å². The van der Waals surface area contributed by atoms with Crippen LogP contribution < -0.4 is 8.52 Å². The third-order valence-electron chi connectivity index (χ3n) is 4.36. The van der Waals surface area contributed by atoms with Gasteiger partial charge in [0.1, 0.15) is 0 Å². The molecule has 2 atom stereocenters. The van der Waals surface area contributed by atoms with Crippen LogP contribution in [0.3, 0.4) is 0 Å². The fraction of sp³-hybridized carbons (Fsp3) is 0.150. The monoisotopic (exact) mass is 534 g/mol. The first kappa shape index (κ1) is 22.1. The molecule has 31 heavy (non-hydrogen) atoms. The van der Waals surface area contributed by atoms with Crippen LogP contribution in [0.1, 0.15) is 21.0 Å². The number of anilines is 1. The number of rotatable bonds is 8. The number of hydrogen-bond acceptors (Lipinski definition) is 7. The van der Waals surface area contributed by atoms with Crippen molar-refractivity contribution in [2.45, 2.75) is 18.1 Å². The number of aromatic nitrogens is 3. The summed E-state index contributed by atoms with van der Waals surface area (Å²) in [5, 5.41) is 12.6. The number of thiazole rings is 1. The molecule has 160 valence electrons. The Morgan fingerprint density at radius 2 is 1.84 bits per heavy atom. The van der Waals surface area contributed by atoms with E-state index in [9.17, 15) is 8.42 Å². The zero-order valence-electron chi connectivity index (χ0n) is 16.4. The van der Waals surface area contributed by atoms with Gasteiger partial charge in [0.2, 0.25) is 0 Å². The van der Waals surface area contributed by atoms with Crippen LogP contribution in [0, 0.1) is 6.92 Å². The van der Waals surface area contributed by atoms with Crippen molar-refractivity contribution >= 4 is 58.2 Å². The zero-order valence-corrected chi connectivity index (χ0v) is 20.9. The minimum absolute atomic E-state index is 0.224. The van der Waals surface area contributed by atoms with E-state index in [0.29, 0.717) is 5.69 Å². The van der Waals surface area contributed by atoms with Crippen molar-refractivity contribution in [1.82, 2.24) is 15.2 Å². The van der Waals surface area contributed by atoms with Gasteiger partial charge in [-0.3, -0.25) is 0 Å². The standard InChI is InChI=1S/C20H19AsN4O3S3/c1-13-23-24-20(30-13)21-17(11-14-7-9-16(10-8-14)25-31(26,27)28)18-12-29-19(22-18)15-5-3-2-4-6-15/h2-10,12,17,21,25H,11H2,1H3,(H,26,27,28). The predicted molar refractivity (Wildman–Crippen MR) is 127 cm³/mol. The Hall–Kier alpha value is -2.10. The Kier molecular flexibility index (Phi) is 6.83. The fourth-order valence-corrected chi connectivity index (χ4v) is 9.28. The average molecular weight is 535 g/mol. The molecule has 0 spiro atoms. The second kappa shape index (κ2) is 9.58. The summed E-state index contributed by atoms with van der Waals surface area (Å²) >= 11 is 2.64. The van der Waals surface area contributed by atoms with Gasteiger partial charge in [-0.25, -0.2) is 0 Å². The first-order valence-corrected chi connectivity index (χ1v) is 14.7. The van der Waals surface area contributed by atoms with Gasteiger partial charge in [0.15, 0.2) is 0 Å². The first-order valence-electron chi connectivity index (χ1n) is 9.27. The van der Waals surface area contributed by atoms with Gasteiger partial charge in [0.05, 0.1) is 0 Å². The molecule has 0 aliphatic rings. The number of benzene rings is 2. The van der Waals surface area contributed by atoms with Crippen molar-refractivity contribution in [2.75, 3.05) is 4.72 Å². The van der Waals surface area contributed by atoms with Gasteiger partial charge < -0.3 is 0 Å². The van der Waals surface area contributed by atoms with Crippen LogP contribution in [0.4, 0.5) is 5.69 Å². The second-order valence-corrected chi connectivity index (χ2v) is 13.8. The molecule has 0 radical (unpaired) electrons. The van der Waals surface area contributed by atoms with Gasteiger partial charge in [0, 0.05) is 0 Å². The Balaban J connectivity index is 1.58. The molecule has 0 fully saturated rings. The van der Waals surface area contributed by atoms with Crippen LogP contribution in [0.25, 0.3) is 10.6 Å². The van der Waals surface area contributed by atoms with Crippen LogP contribution in [-0.2, 0) is 16.7 Å². The molecule has 4 rings (SSSR count). The summed E-state index contributed by atoms with van der Waals surface area (Å²) in [4.78, 5) is 4.93. The van der Waals surface area contributed by atoms with Gasteiger partial charge in [-0.05, 0) is 0 Å². The summed E-state index contributed by atoms with van der Waals surface area (Å²) in [6.07, 6.45) is 0.767. The molecule has 2 heterocycles. The molecule has 2 unspecified atom stereocenters. The molecule has 7 nitrogen and oxygen atoms in total. The summed E-state index contributed by atoms with van der Waals surface area (Å²) in [5.41, 5.74) is 3.53. The normalized spacial score (nSPS) is 13.0. The number of aryl methyl sites for hydroxylation is 1. The number of nitrogens with zero attached hydrogens (tertiary/aromatic N) is 3. The Morgan fingerprint density at radius 3 is 2.48 bits per heavy atom. The van der Waals surface area contributed by atoms with E-state index in [1.54, 1.807) is 34.8 Å². The van der Waals surface area contributed by atoms with Crippen LogP contribution >= 0.6 is 22.7 Å². The van der Waals surface area contributed by atoms with E-state index in [4.69, 9.17) is 9.54 Å². The van der Waals surface area contributed by atoms with E-state index < -0.39 is 26.1 Å². The molecular weight excluding hydrogens is 515 g/mol. The summed E-state index contributed by atoms with van der Waals surface area (Å²) in [6.45, 7) is 1.96. The molecule has 4 aromatic rings. The Labute approximate surface area is 195 Å². The summed E-state index contributed by atoms with van der Waals surface area (Å²) in [5.74, 6) is 0. The molecule has 0 amide bonds. The second-order valence-electron chi connectivity index (χ2n) is 6.74. The SMILES string of the molecule is Cc1nnc([AsH]C(Cc2ccc(NS(=O)(=O)O)cc2)c2csc(-c3ccccc3)n2)s1. The van der Waals surface area contributed by atoms with Crippen LogP contribution in [0.5, 0.6) is 0 Å².